The van der Waals surface area contributed by atoms with Gasteiger partial charge >= 0.3 is 6.03 Å². The average molecular weight is 290 g/mol. The fourth-order valence-corrected chi connectivity index (χ4v) is 3.64. The van der Waals surface area contributed by atoms with E-state index in [1.165, 1.54) is 18.7 Å². The molecule has 0 aromatic carbocycles. The Kier molecular flexibility index (Phi) is 4.46. The van der Waals surface area contributed by atoms with Gasteiger partial charge in [0.1, 0.15) is 5.82 Å². The van der Waals surface area contributed by atoms with E-state index in [4.69, 9.17) is 0 Å². The van der Waals surface area contributed by atoms with Crippen LogP contribution in [-0.4, -0.2) is 28.2 Å². The Bertz CT molecular complexity index is 484. The summed E-state index contributed by atoms with van der Waals surface area (Å²) in [5.41, 5.74) is 0. The molecule has 1 aliphatic carbocycles. The van der Waals surface area contributed by atoms with Gasteiger partial charge in [0, 0.05) is 37.9 Å². The smallest absolute Gasteiger partial charge is 0.315 e. The zero-order valence-electron chi connectivity index (χ0n) is 12.8. The molecule has 0 radical (unpaired) electrons. The molecule has 1 aromatic heterocycles. The summed E-state index contributed by atoms with van der Waals surface area (Å²) >= 11 is 0. The quantitative estimate of drug-likeness (QED) is 0.897. The summed E-state index contributed by atoms with van der Waals surface area (Å²) < 4.78 is 2.20. The summed E-state index contributed by atoms with van der Waals surface area (Å²) in [6, 6.07) is 0.367. The second-order valence-electron chi connectivity index (χ2n) is 6.72. The predicted molar refractivity (Wildman–Crippen MR) is 82.0 cm³/mol. The van der Waals surface area contributed by atoms with Gasteiger partial charge in [-0.1, -0.05) is 19.8 Å². The Labute approximate surface area is 126 Å². The number of hydrogen-bond acceptors (Lipinski definition) is 2. The van der Waals surface area contributed by atoms with Crippen LogP contribution >= 0.6 is 0 Å². The van der Waals surface area contributed by atoms with Crippen LogP contribution in [-0.2, 0) is 13.0 Å². The van der Waals surface area contributed by atoms with Crippen LogP contribution in [0.5, 0.6) is 0 Å². The number of carbonyl (C=O) groups excluding carboxylic acids is 1. The summed E-state index contributed by atoms with van der Waals surface area (Å²) in [5.74, 6) is 2.43. The van der Waals surface area contributed by atoms with Crippen molar-refractivity contribution >= 4 is 6.03 Å². The standard InChI is InChI=1S/C16H26N4O/c1-12-3-2-4-14(9-12)19-16(21)18-10-13-5-6-15-17-7-8-20(15)11-13/h7-8,12-14H,2-6,9-11H2,1H3,(H2,18,19,21)/t12-,13+,14-/m1/s1. The largest absolute Gasteiger partial charge is 0.338 e. The SMILES string of the molecule is C[C@@H]1CCC[C@@H](NC(=O)NC[C@@H]2CCc3nccn3C2)C1. The summed E-state index contributed by atoms with van der Waals surface area (Å²) in [5, 5.41) is 6.19. The minimum atomic E-state index is 0.00512. The van der Waals surface area contributed by atoms with Gasteiger partial charge in [-0.25, -0.2) is 9.78 Å². The zero-order valence-corrected chi connectivity index (χ0v) is 12.8. The third-order valence-electron chi connectivity index (χ3n) is 4.86. The molecule has 3 rings (SSSR count). The summed E-state index contributed by atoms with van der Waals surface area (Å²) in [7, 11) is 0. The highest BCUT2D eigenvalue weighted by molar-refractivity contribution is 5.74. The number of aryl methyl sites for hydroxylation is 1. The molecule has 1 fully saturated rings. The molecule has 2 amide bonds. The highest BCUT2D eigenvalue weighted by Crippen LogP contribution is 2.23. The number of fused-ring (bicyclic) bond motifs is 1. The normalized spacial score (nSPS) is 28.7. The van der Waals surface area contributed by atoms with E-state index >= 15 is 0 Å². The lowest BCUT2D eigenvalue weighted by atomic mass is 9.87. The molecule has 21 heavy (non-hydrogen) atoms. The molecule has 1 saturated carbocycles. The molecule has 0 bridgehead atoms. The molecule has 0 saturated heterocycles. The van der Waals surface area contributed by atoms with E-state index < -0.39 is 0 Å². The number of rotatable bonds is 3. The van der Waals surface area contributed by atoms with Crippen molar-refractivity contribution < 1.29 is 4.79 Å². The number of nitrogens with zero attached hydrogens (tertiary/aromatic N) is 2. The van der Waals surface area contributed by atoms with E-state index in [0.29, 0.717) is 12.0 Å². The highest BCUT2D eigenvalue weighted by atomic mass is 16.2. The molecule has 116 valence electrons. The number of imidazole rings is 1. The van der Waals surface area contributed by atoms with Crippen molar-refractivity contribution in [1.82, 2.24) is 20.2 Å². The maximum atomic E-state index is 12.0. The van der Waals surface area contributed by atoms with E-state index in [2.05, 4.69) is 27.1 Å². The molecule has 2 N–H and O–H groups in total. The molecule has 3 atom stereocenters. The van der Waals surface area contributed by atoms with Gasteiger partial charge in [-0.15, -0.1) is 0 Å². The molecule has 5 heteroatoms. The van der Waals surface area contributed by atoms with Crippen molar-refractivity contribution in [3.8, 4) is 0 Å². The Morgan fingerprint density at radius 3 is 3.19 bits per heavy atom. The van der Waals surface area contributed by atoms with E-state index in [0.717, 1.165) is 44.7 Å². The van der Waals surface area contributed by atoms with Gasteiger partial charge in [-0.2, -0.15) is 0 Å². The van der Waals surface area contributed by atoms with Crippen LogP contribution in [0.1, 0.15) is 44.9 Å². The van der Waals surface area contributed by atoms with Gasteiger partial charge in [0.05, 0.1) is 0 Å². The summed E-state index contributed by atoms with van der Waals surface area (Å²) in [4.78, 5) is 16.3. The number of carbonyl (C=O) groups is 1. The minimum Gasteiger partial charge on any atom is -0.338 e. The molecule has 2 heterocycles. The lowest BCUT2D eigenvalue weighted by Crippen LogP contribution is -2.45. The first-order valence-electron chi connectivity index (χ1n) is 8.25. The number of hydrogen-bond donors (Lipinski definition) is 2. The molecule has 2 aliphatic rings. The van der Waals surface area contributed by atoms with Crippen molar-refractivity contribution in [2.24, 2.45) is 11.8 Å². The van der Waals surface area contributed by atoms with Gasteiger partial charge < -0.3 is 15.2 Å². The highest BCUT2D eigenvalue weighted by Gasteiger charge is 2.22. The average Bonchev–Trinajstić information content (AvgIpc) is 2.92. The fourth-order valence-electron chi connectivity index (χ4n) is 3.64. The number of amides is 2. The van der Waals surface area contributed by atoms with Crippen molar-refractivity contribution in [3.05, 3.63) is 18.2 Å². The Morgan fingerprint density at radius 1 is 1.43 bits per heavy atom. The van der Waals surface area contributed by atoms with Crippen molar-refractivity contribution in [1.29, 1.82) is 0 Å². The van der Waals surface area contributed by atoms with E-state index in [9.17, 15) is 4.79 Å². The third-order valence-corrected chi connectivity index (χ3v) is 4.86. The van der Waals surface area contributed by atoms with Gasteiger partial charge in [0.2, 0.25) is 0 Å². The second kappa shape index (κ2) is 6.50. The molecule has 1 aliphatic heterocycles. The number of nitrogens with one attached hydrogen (secondary N) is 2. The molecule has 0 spiro atoms. The zero-order chi connectivity index (χ0) is 14.7. The maximum absolute atomic E-state index is 12.0. The molecule has 1 aromatic rings. The first-order valence-corrected chi connectivity index (χ1v) is 8.25. The van der Waals surface area contributed by atoms with Crippen molar-refractivity contribution in [3.63, 3.8) is 0 Å². The van der Waals surface area contributed by atoms with E-state index in [1.807, 2.05) is 12.4 Å². The maximum Gasteiger partial charge on any atom is 0.315 e. The van der Waals surface area contributed by atoms with Crippen LogP contribution in [0.25, 0.3) is 0 Å². The first-order chi connectivity index (χ1) is 10.2. The Hall–Kier alpha value is -1.52. The van der Waals surface area contributed by atoms with Crippen LogP contribution in [0.2, 0.25) is 0 Å². The summed E-state index contributed by atoms with van der Waals surface area (Å²) in [6.45, 7) is 4.00. The number of aromatic nitrogens is 2. The molecule has 0 unspecified atom stereocenters. The van der Waals surface area contributed by atoms with Gasteiger partial charge in [0.15, 0.2) is 0 Å². The van der Waals surface area contributed by atoms with Crippen LogP contribution in [0.3, 0.4) is 0 Å². The van der Waals surface area contributed by atoms with Gasteiger partial charge in [-0.05, 0) is 31.1 Å². The fraction of sp³-hybridized carbons (Fsp3) is 0.750. The minimum absolute atomic E-state index is 0.00512. The van der Waals surface area contributed by atoms with Crippen molar-refractivity contribution in [2.75, 3.05) is 6.54 Å². The molecular formula is C16H26N4O. The van der Waals surface area contributed by atoms with E-state index in [1.54, 1.807) is 0 Å². The molecule has 5 nitrogen and oxygen atoms in total. The van der Waals surface area contributed by atoms with Gasteiger partial charge in [-0.3, -0.25) is 0 Å². The number of urea groups is 1. The summed E-state index contributed by atoms with van der Waals surface area (Å²) in [6.07, 6.45) is 10.8. The van der Waals surface area contributed by atoms with Crippen LogP contribution < -0.4 is 10.6 Å². The third kappa shape index (κ3) is 3.77. The molecular weight excluding hydrogens is 264 g/mol. The van der Waals surface area contributed by atoms with Gasteiger partial charge in [0.25, 0.3) is 0 Å². The first kappa shape index (κ1) is 14.4. The van der Waals surface area contributed by atoms with E-state index in [-0.39, 0.29) is 6.03 Å². The monoisotopic (exact) mass is 290 g/mol. The van der Waals surface area contributed by atoms with Crippen LogP contribution in [0, 0.1) is 11.8 Å². The van der Waals surface area contributed by atoms with Crippen molar-refractivity contribution in [2.45, 2.75) is 58.0 Å². The van der Waals surface area contributed by atoms with Crippen LogP contribution in [0.15, 0.2) is 12.4 Å². The predicted octanol–water partition coefficient (Wildman–Crippen LogP) is 2.32. The lowest BCUT2D eigenvalue weighted by Gasteiger charge is -2.28. The Morgan fingerprint density at radius 2 is 2.33 bits per heavy atom. The lowest BCUT2D eigenvalue weighted by molar-refractivity contribution is 0.223. The topological polar surface area (TPSA) is 59.0 Å². The Balaban J connectivity index is 1.40. The second-order valence-corrected chi connectivity index (χ2v) is 6.72. The van der Waals surface area contributed by atoms with Crippen LogP contribution in [0.4, 0.5) is 4.79 Å².